The Morgan fingerprint density at radius 2 is 1.67 bits per heavy atom. The molecule has 186 valence electrons. The average molecular weight is 490 g/mol. The van der Waals surface area contributed by atoms with E-state index in [1.165, 1.54) is 29.2 Å². The van der Waals surface area contributed by atoms with Crippen LogP contribution in [0.25, 0.3) is 0 Å². The fourth-order valence-corrected chi connectivity index (χ4v) is 3.93. The third-order valence-electron chi connectivity index (χ3n) is 5.95. The maximum absolute atomic E-state index is 13.5. The molecule has 0 saturated carbocycles. The Morgan fingerprint density at radius 3 is 2.33 bits per heavy atom. The van der Waals surface area contributed by atoms with Crippen molar-refractivity contribution >= 4 is 29.3 Å². The van der Waals surface area contributed by atoms with Gasteiger partial charge in [0.05, 0.1) is 6.54 Å². The molecule has 0 aliphatic carbocycles. The fraction of sp³-hybridized carbons (Fsp3) is 0.250. The van der Waals surface area contributed by atoms with Crippen LogP contribution >= 0.6 is 0 Å². The van der Waals surface area contributed by atoms with Crippen LogP contribution in [0.1, 0.15) is 36.6 Å². The Balaban J connectivity index is 1.65. The minimum atomic E-state index is -1.00. The number of ether oxygens (including phenoxy) is 1. The summed E-state index contributed by atoms with van der Waals surface area (Å²) in [6.45, 7) is 5.71. The lowest BCUT2D eigenvalue weighted by molar-refractivity contribution is -0.121. The van der Waals surface area contributed by atoms with E-state index >= 15 is 0 Å². The van der Waals surface area contributed by atoms with Crippen LogP contribution in [0.15, 0.2) is 72.8 Å². The van der Waals surface area contributed by atoms with E-state index in [2.05, 4.69) is 10.6 Å². The molecular formula is C28H28FN3O4. The van der Waals surface area contributed by atoms with Crippen LogP contribution in [0.5, 0.6) is 0 Å². The zero-order chi connectivity index (χ0) is 25.8. The number of rotatable bonds is 7. The van der Waals surface area contributed by atoms with Gasteiger partial charge in [0.2, 0.25) is 5.91 Å². The van der Waals surface area contributed by atoms with Crippen molar-refractivity contribution in [2.45, 2.75) is 39.5 Å². The van der Waals surface area contributed by atoms with Gasteiger partial charge >= 0.3 is 6.09 Å². The zero-order valence-electron chi connectivity index (χ0n) is 20.3. The summed E-state index contributed by atoms with van der Waals surface area (Å²) in [6, 6.07) is 19.0. The van der Waals surface area contributed by atoms with Crippen LogP contribution in [-0.4, -0.2) is 28.8 Å². The van der Waals surface area contributed by atoms with E-state index in [0.29, 0.717) is 16.9 Å². The second-order valence-corrected chi connectivity index (χ2v) is 9.13. The summed E-state index contributed by atoms with van der Waals surface area (Å²) < 4.78 is 19.1. The zero-order valence-corrected chi connectivity index (χ0v) is 20.3. The topological polar surface area (TPSA) is 87.7 Å². The number of carbonyl (C=O) groups excluding carboxylic acids is 3. The molecule has 3 aromatic carbocycles. The van der Waals surface area contributed by atoms with Crippen LogP contribution in [0.3, 0.4) is 0 Å². The van der Waals surface area contributed by atoms with E-state index in [1.807, 2.05) is 31.2 Å². The number of benzene rings is 3. The summed E-state index contributed by atoms with van der Waals surface area (Å²) in [6.07, 6.45) is -1.55. The highest BCUT2D eigenvalue weighted by Crippen LogP contribution is 2.35. The van der Waals surface area contributed by atoms with Crippen LogP contribution in [0, 0.1) is 18.7 Å². The van der Waals surface area contributed by atoms with Crippen LogP contribution < -0.4 is 10.6 Å². The van der Waals surface area contributed by atoms with Crippen molar-refractivity contribution in [3.05, 3.63) is 95.3 Å². The van der Waals surface area contributed by atoms with Crippen molar-refractivity contribution in [1.29, 1.82) is 0 Å². The van der Waals surface area contributed by atoms with Gasteiger partial charge in [-0.05, 0) is 54.4 Å². The van der Waals surface area contributed by atoms with Gasteiger partial charge in [0.15, 0.2) is 12.1 Å². The first-order chi connectivity index (χ1) is 17.2. The molecule has 0 radical (unpaired) electrons. The highest BCUT2D eigenvalue weighted by Gasteiger charge is 2.47. The molecule has 1 aliphatic rings. The summed E-state index contributed by atoms with van der Waals surface area (Å²) in [5, 5.41) is 5.60. The minimum Gasteiger partial charge on any atom is -0.438 e. The Bertz CT molecular complexity index is 1260. The first-order valence-corrected chi connectivity index (χ1v) is 11.7. The van der Waals surface area contributed by atoms with Gasteiger partial charge in [-0.25, -0.2) is 9.18 Å². The van der Waals surface area contributed by atoms with Gasteiger partial charge in [-0.15, -0.1) is 0 Å². The first kappa shape index (κ1) is 24.9. The molecule has 36 heavy (non-hydrogen) atoms. The highest BCUT2D eigenvalue weighted by atomic mass is 19.1. The molecule has 0 bridgehead atoms. The van der Waals surface area contributed by atoms with Crippen molar-refractivity contribution < 1.29 is 23.5 Å². The molecule has 2 unspecified atom stereocenters. The SMILES string of the molecule is Cc1ccc(CN2C(=O)OC(c3cccc(NC(=O)C(C)C)c3)C2C(=O)Nc2ccc(F)cc2)cc1. The van der Waals surface area contributed by atoms with Crippen molar-refractivity contribution in [2.24, 2.45) is 5.92 Å². The predicted octanol–water partition coefficient (Wildman–Crippen LogP) is 5.43. The van der Waals surface area contributed by atoms with Gasteiger partial charge in [0, 0.05) is 17.3 Å². The Hall–Kier alpha value is -4.20. The van der Waals surface area contributed by atoms with Gasteiger partial charge in [0.1, 0.15) is 5.82 Å². The molecule has 1 heterocycles. The molecule has 0 aromatic heterocycles. The smallest absolute Gasteiger partial charge is 0.411 e. The number of hydrogen-bond donors (Lipinski definition) is 2. The lowest BCUT2D eigenvalue weighted by Gasteiger charge is -2.24. The van der Waals surface area contributed by atoms with E-state index < -0.39 is 30.0 Å². The molecule has 2 atom stereocenters. The Morgan fingerprint density at radius 1 is 0.972 bits per heavy atom. The maximum atomic E-state index is 13.5. The van der Waals surface area contributed by atoms with Crippen LogP contribution in [0.4, 0.5) is 20.6 Å². The predicted molar refractivity (Wildman–Crippen MR) is 135 cm³/mol. The highest BCUT2D eigenvalue weighted by molar-refractivity contribution is 5.98. The monoisotopic (exact) mass is 489 g/mol. The number of nitrogens with zero attached hydrogens (tertiary/aromatic N) is 1. The Kier molecular flexibility index (Phi) is 7.33. The molecule has 4 rings (SSSR count). The quantitative estimate of drug-likeness (QED) is 0.463. The van der Waals surface area contributed by atoms with E-state index in [-0.39, 0.29) is 18.4 Å². The number of aryl methyl sites for hydroxylation is 1. The summed E-state index contributed by atoms with van der Waals surface area (Å²) in [5.41, 5.74) is 3.42. The second-order valence-electron chi connectivity index (χ2n) is 9.13. The molecule has 3 amide bonds. The number of nitrogens with one attached hydrogen (secondary N) is 2. The molecule has 8 heteroatoms. The third-order valence-corrected chi connectivity index (χ3v) is 5.95. The summed E-state index contributed by atoms with van der Waals surface area (Å²) in [4.78, 5) is 40.0. The van der Waals surface area contributed by atoms with Crippen molar-refractivity contribution in [3.8, 4) is 0 Å². The van der Waals surface area contributed by atoms with E-state index in [1.54, 1.807) is 38.1 Å². The molecule has 0 spiro atoms. The summed E-state index contributed by atoms with van der Waals surface area (Å²) in [5.74, 6) is -1.26. The second kappa shape index (κ2) is 10.6. The molecule has 1 fully saturated rings. The standard InChI is InChI=1S/C28H28FN3O4/c1-17(2)26(33)31-23-6-4-5-20(15-23)25-24(27(34)30-22-13-11-21(29)12-14-22)32(28(35)36-25)16-19-9-7-18(3)8-10-19/h4-15,17,24-25H,16H2,1-3H3,(H,30,34)(H,31,33). The van der Waals surface area contributed by atoms with E-state index in [4.69, 9.17) is 4.74 Å². The summed E-state index contributed by atoms with van der Waals surface area (Å²) in [7, 11) is 0. The van der Waals surface area contributed by atoms with Crippen molar-refractivity contribution in [1.82, 2.24) is 4.90 Å². The van der Waals surface area contributed by atoms with Gasteiger partial charge in [-0.1, -0.05) is 55.8 Å². The van der Waals surface area contributed by atoms with Gasteiger partial charge in [0.25, 0.3) is 5.91 Å². The number of anilines is 2. The fourth-order valence-electron chi connectivity index (χ4n) is 3.93. The lowest BCUT2D eigenvalue weighted by atomic mass is 9.99. The van der Waals surface area contributed by atoms with Gasteiger partial charge < -0.3 is 15.4 Å². The third kappa shape index (κ3) is 5.71. The molecule has 2 N–H and O–H groups in total. The van der Waals surface area contributed by atoms with E-state index in [9.17, 15) is 18.8 Å². The van der Waals surface area contributed by atoms with Crippen LogP contribution in [-0.2, 0) is 20.9 Å². The van der Waals surface area contributed by atoms with Crippen molar-refractivity contribution in [2.75, 3.05) is 10.6 Å². The molecule has 1 aliphatic heterocycles. The average Bonchev–Trinajstić information content (AvgIpc) is 3.18. The lowest BCUT2D eigenvalue weighted by Crippen LogP contribution is -2.43. The number of carbonyl (C=O) groups is 3. The Labute approximate surface area is 209 Å². The van der Waals surface area contributed by atoms with Crippen LogP contribution in [0.2, 0.25) is 0 Å². The van der Waals surface area contributed by atoms with E-state index in [0.717, 1.165) is 11.1 Å². The maximum Gasteiger partial charge on any atom is 0.411 e. The number of hydrogen-bond acceptors (Lipinski definition) is 4. The molecular weight excluding hydrogens is 461 g/mol. The number of halogens is 1. The molecule has 7 nitrogen and oxygen atoms in total. The first-order valence-electron chi connectivity index (χ1n) is 11.7. The molecule has 1 saturated heterocycles. The molecule has 3 aromatic rings. The summed E-state index contributed by atoms with van der Waals surface area (Å²) >= 11 is 0. The number of cyclic esters (lactones) is 1. The normalized spacial score (nSPS) is 17.1. The largest absolute Gasteiger partial charge is 0.438 e. The minimum absolute atomic E-state index is 0.151. The van der Waals surface area contributed by atoms with Gasteiger partial charge in [-0.2, -0.15) is 0 Å². The van der Waals surface area contributed by atoms with Crippen molar-refractivity contribution in [3.63, 3.8) is 0 Å². The number of amides is 3. The van der Waals surface area contributed by atoms with Gasteiger partial charge in [-0.3, -0.25) is 14.5 Å².